The van der Waals surface area contributed by atoms with Crippen LogP contribution in [0.1, 0.15) is 24.3 Å². The molecular formula is C12H21N3O4S. The molecule has 0 aliphatic rings. The van der Waals surface area contributed by atoms with E-state index in [1.165, 1.54) is 16.8 Å². The van der Waals surface area contributed by atoms with Gasteiger partial charge in [0.15, 0.2) is 0 Å². The maximum Gasteiger partial charge on any atom is 0.354 e. The molecule has 1 atom stereocenters. The lowest BCUT2D eigenvalue weighted by molar-refractivity contribution is 0.0515. The number of nitrogens with zero attached hydrogens (tertiary/aromatic N) is 1. The number of likely N-dealkylation sites (N-methyl/N-ethyl adjacent to an activating group) is 1. The lowest BCUT2D eigenvalue weighted by Gasteiger charge is -2.10. The number of ether oxygens (including phenoxy) is 1. The summed E-state index contributed by atoms with van der Waals surface area (Å²) in [5.41, 5.74) is 0.203. The highest BCUT2D eigenvalue weighted by Gasteiger charge is 2.21. The van der Waals surface area contributed by atoms with Crippen molar-refractivity contribution in [1.82, 2.24) is 14.6 Å². The number of nitrogens with one attached hydrogen (secondary N) is 2. The molecule has 0 radical (unpaired) electrons. The van der Waals surface area contributed by atoms with E-state index in [-0.39, 0.29) is 29.8 Å². The average molecular weight is 303 g/mol. The highest BCUT2D eigenvalue weighted by atomic mass is 32.2. The zero-order chi connectivity index (χ0) is 15.3. The van der Waals surface area contributed by atoms with Crippen LogP contribution in [0.3, 0.4) is 0 Å². The predicted octanol–water partition coefficient (Wildman–Crippen LogP) is 0.0880. The zero-order valence-electron chi connectivity index (χ0n) is 12.1. The summed E-state index contributed by atoms with van der Waals surface area (Å²) in [4.78, 5) is 11.7. The van der Waals surface area contributed by atoms with Crippen molar-refractivity contribution in [2.45, 2.75) is 24.8 Å². The normalized spacial score (nSPS) is 13.2. The third-order valence-corrected chi connectivity index (χ3v) is 4.24. The SMILES string of the molecule is CCOC(=O)c1cc(S(=O)(=O)NCC(C)NC)cn1C. The van der Waals surface area contributed by atoms with Crippen LogP contribution in [-0.4, -0.2) is 45.2 Å². The fourth-order valence-electron chi connectivity index (χ4n) is 1.51. The van der Waals surface area contributed by atoms with Crippen molar-refractivity contribution in [1.29, 1.82) is 0 Å². The summed E-state index contributed by atoms with van der Waals surface area (Å²) in [5, 5.41) is 2.93. The number of aromatic nitrogens is 1. The average Bonchev–Trinajstić information content (AvgIpc) is 2.79. The molecule has 0 saturated heterocycles. The minimum Gasteiger partial charge on any atom is -0.461 e. The van der Waals surface area contributed by atoms with Gasteiger partial charge in [-0.3, -0.25) is 0 Å². The molecule has 0 aliphatic carbocycles. The largest absolute Gasteiger partial charge is 0.461 e. The quantitative estimate of drug-likeness (QED) is 0.697. The van der Waals surface area contributed by atoms with Gasteiger partial charge >= 0.3 is 5.97 Å². The van der Waals surface area contributed by atoms with Crippen LogP contribution in [0.25, 0.3) is 0 Å². The van der Waals surface area contributed by atoms with E-state index in [0.717, 1.165) is 0 Å². The summed E-state index contributed by atoms with van der Waals surface area (Å²) in [5.74, 6) is -0.542. The molecule has 1 aromatic rings. The first kappa shape index (κ1) is 16.7. The zero-order valence-corrected chi connectivity index (χ0v) is 13.0. The molecule has 0 saturated carbocycles. The second-order valence-electron chi connectivity index (χ2n) is 4.43. The molecule has 1 unspecified atom stereocenters. The van der Waals surface area contributed by atoms with Crippen molar-refractivity contribution in [2.24, 2.45) is 7.05 Å². The number of aryl methyl sites for hydroxylation is 1. The van der Waals surface area contributed by atoms with E-state index in [1.54, 1.807) is 21.0 Å². The summed E-state index contributed by atoms with van der Waals surface area (Å²) in [6.45, 7) is 4.06. The van der Waals surface area contributed by atoms with Crippen molar-refractivity contribution in [3.8, 4) is 0 Å². The minimum absolute atomic E-state index is 0.0121. The molecule has 114 valence electrons. The highest BCUT2D eigenvalue weighted by Crippen LogP contribution is 2.14. The molecule has 1 heterocycles. The van der Waals surface area contributed by atoms with Gasteiger partial charge in [0.2, 0.25) is 10.0 Å². The molecule has 1 rings (SSSR count). The van der Waals surface area contributed by atoms with Gasteiger partial charge < -0.3 is 14.6 Å². The van der Waals surface area contributed by atoms with Gasteiger partial charge in [-0.2, -0.15) is 0 Å². The van der Waals surface area contributed by atoms with Gasteiger partial charge in [0, 0.05) is 25.8 Å². The summed E-state index contributed by atoms with van der Waals surface area (Å²) in [7, 11) is -0.285. The highest BCUT2D eigenvalue weighted by molar-refractivity contribution is 7.89. The fraction of sp³-hybridized carbons (Fsp3) is 0.583. The Hall–Kier alpha value is -1.38. The maximum atomic E-state index is 12.1. The van der Waals surface area contributed by atoms with E-state index in [4.69, 9.17) is 4.74 Å². The van der Waals surface area contributed by atoms with Crippen LogP contribution in [0, 0.1) is 0 Å². The van der Waals surface area contributed by atoms with E-state index in [9.17, 15) is 13.2 Å². The molecule has 8 heteroatoms. The molecular weight excluding hydrogens is 282 g/mol. The van der Waals surface area contributed by atoms with E-state index in [1.807, 2.05) is 6.92 Å². The molecule has 0 aromatic carbocycles. The Morgan fingerprint density at radius 2 is 2.15 bits per heavy atom. The van der Waals surface area contributed by atoms with Gasteiger partial charge in [-0.25, -0.2) is 17.9 Å². The molecule has 0 bridgehead atoms. The van der Waals surface area contributed by atoms with Crippen molar-refractivity contribution in [2.75, 3.05) is 20.2 Å². The number of rotatable bonds is 7. The Kier molecular flexibility index (Phi) is 5.73. The van der Waals surface area contributed by atoms with Crippen LogP contribution in [0.5, 0.6) is 0 Å². The summed E-state index contributed by atoms with van der Waals surface area (Å²) in [6, 6.07) is 1.32. The van der Waals surface area contributed by atoms with E-state index in [0.29, 0.717) is 0 Å². The van der Waals surface area contributed by atoms with Crippen LogP contribution in [0.15, 0.2) is 17.2 Å². The van der Waals surface area contributed by atoms with Gasteiger partial charge in [-0.15, -0.1) is 0 Å². The Bertz CT molecular complexity index is 565. The monoisotopic (exact) mass is 303 g/mol. The molecule has 0 amide bonds. The molecule has 2 N–H and O–H groups in total. The number of carbonyl (C=O) groups is 1. The second-order valence-corrected chi connectivity index (χ2v) is 6.20. The molecule has 7 nitrogen and oxygen atoms in total. The van der Waals surface area contributed by atoms with E-state index >= 15 is 0 Å². The van der Waals surface area contributed by atoms with Gasteiger partial charge in [0.25, 0.3) is 0 Å². The lowest BCUT2D eigenvalue weighted by Crippen LogP contribution is -2.37. The van der Waals surface area contributed by atoms with Crippen molar-refractivity contribution in [3.05, 3.63) is 18.0 Å². The molecule has 1 aromatic heterocycles. The van der Waals surface area contributed by atoms with Gasteiger partial charge in [0.1, 0.15) is 10.6 Å². The number of esters is 1. The number of carbonyl (C=O) groups excluding carboxylic acids is 1. The van der Waals surface area contributed by atoms with Crippen LogP contribution < -0.4 is 10.0 Å². The van der Waals surface area contributed by atoms with Crippen LogP contribution >= 0.6 is 0 Å². The van der Waals surface area contributed by atoms with Crippen molar-refractivity contribution < 1.29 is 17.9 Å². The lowest BCUT2D eigenvalue weighted by atomic mass is 10.4. The van der Waals surface area contributed by atoms with Crippen molar-refractivity contribution >= 4 is 16.0 Å². The Morgan fingerprint density at radius 3 is 2.70 bits per heavy atom. The maximum absolute atomic E-state index is 12.1. The molecule has 0 spiro atoms. The van der Waals surface area contributed by atoms with Crippen molar-refractivity contribution in [3.63, 3.8) is 0 Å². The summed E-state index contributed by atoms with van der Waals surface area (Å²) >= 11 is 0. The second kappa shape index (κ2) is 6.87. The molecule has 20 heavy (non-hydrogen) atoms. The third-order valence-electron chi connectivity index (χ3n) is 2.85. The molecule has 0 aliphatic heterocycles. The Balaban J connectivity index is 2.91. The smallest absolute Gasteiger partial charge is 0.354 e. The van der Waals surface area contributed by atoms with Gasteiger partial charge in [-0.05, 0) is 27.0 Å². The fourth-order valence-corrected chi connectivity index (χ4v) is 2.71. The Labute approximate surface area is 119 Å². The van der Waals surface area contributed by atoms with Crippen LogP contribution in [0.2, 0.25) is 0 Å². The van der Waals surface area contributed by atoms with Crippen LogP contribution in [-0.2, 0) is 21.8 Å². The van der Waals surface area contributed by atoms with E-state index in [2.05, 4.69) is 10.0 Å². The number of hydrogen-bond donors (Lipinski definition) is 2. The summed E-state index contributed by atoms with van der Waals surface area (Å²) in [6.07, 6.45) is 1.39. The first-order chi connectivity index (χ1) is 9.31. The first-order valence-electron chi connectivity index (χ1n) is 6.32. The van der Waals surface area contributed by atoms with Gasteiger partial charge in [-0.1, -0.05) is 0 Å². The number of hydrogen-bond acceptors (Lipinski definition) is 5. The van der Waals surface area contributed by atoms with E-state index < -0.39 is 16.0 Å². The van der Waals surface area contributed by atoms with Gasteiger partial charge in [0.05, 0.1) is 6.61 Å². The van der Waals surface area contributed by atoms with Crippen LogP contribution in [0.4, 0.5) is 0 Å². The minimum atomic E-state index is -3.63. The topological polar surface area (TPSA) is 89.4 Å². The number of sulfonamides is 1. The molecule has 0 fully saturated rings. The third kappa shape index (κ3) is 4.06. The standard InChI is InChI=1S/C12H21N3O4S/c1-5-19-12(16)11-6-10(8-15(11)4)20(17,18)14-7-9(2)13-3/h6,8-9,13-14H,5,7H2,1-4H3. The first-order valence-corrected chi connectivity index (χ1v) is 7.80. The predicted molar refractivity (Wildman–Crippen MR) is 75.1 cm³/mol. The Morgan fingerprint density at radius 1 is 1.50 bits per heavy atom. The summed E-state index contributed by atoms with van der Waals surface area (Å²) < 4.78 is 33.0.